The smallest absolute Gasteiger partial charge is 0.234 e. The molecule has 2 rings (SSSR count). The molecular weight excluding hydrogens is 286 g/mol. The summed E-state index contributed by atoms with van der Waals surface area (Å²) in [6, 6.07) is 0. The van der Waals surface area contributed by atoms with Gasteiger partial charge in [-0.2, -0.15) is 0 Å². The topological polar surface area (TPSA) is 92.5 Å². The lowest BCUT2D eigenvalue weighted by Gasteiger charge is -2.38. The second-order valence-corrected chi connectivity index (χ2v) is 5.69. The van der Waals surface area contributed by atoms with E-state index in [4.69, 9.17) is 4.74 Å². The van der Waals surface area contributed by atoms with Gasteiger partial charge in [0.2, 0.25) is 5.91 Å². The van der Waals surface area contributed by atoms with Gasteiger partial charge in [-0.3, -0.25) is 9.69 Å². The number of aromatic nitrogens is 3. The second kappa shape index (κ2) is 8.21. The molecule has 0 bridgehead atoms. The Bertz CT molecular complexity index is 453. The number of ether oxygens (including phenoxy) is 1. The minimum absolute atomic E-state index is 0.0373. The van der Waals surface area contributed by atoms with E-state index in [0.29, 0.717) is 45.8 Å². The zero-order valence-electron chi connectivity index (χ0n) is 13.1. The van der Waals surface area contributed by atoms with Crippen LogP contribution in [0.1, 0.15) is 19.8 Å². The Labute approximate surface area is 130 Å². The van der Waals surface area contributed by atoms with Crippen LogP contribution in [0.5, 0.6) is 0 Å². The van der Waals surface area contributed by atoms with Crippen LogP contribution in [-0.4, -0.2) is 75.9 Å². The molecule has 1 aromatic heterocycles. The molecule has 1 aliphatic rings. The zero-order valence-corrected chi connectivity index (χ0v) is 13.1. The third kappa shape index (κ3) is 5.36. The minimum atomic E-state index is -0.864. The van der Waals surface area contributed by atoms with Gasteiger partial charge in [-0.05, 0) is 26.3 Å². The molecule has 2 N–H and O–H groups in total. The van der Waals surface area contributed by atoms with E-state index >= 15 is 0 Å². The number of hydrogen-bond donors (Lipinski definition) is 2. The molecule has 8 nitrogen and oxygen atoms in total. The van der Waals surface area contributed by atoms with Crippen LogP contribution in [-0.2, 0) is 16.1 Å². The SMILES string of the molecule is CCOCCNC(=O)CN1CCCC(O)(Cn2ccnn2)C1. The first-order chi connectivity index (χ1) is 10.6. The van der Waals surface area contributed by atoms with Crippen molar-refractivity contribution in [2.45, 2.75) is 31.9 Å². The Balaban J connectivity index is 1.76. The third-order valence-corrected chi connectivity index (χ3v) is 3.70. The van der Waals surface area contributed by atoms with Crippen LogP contribution in [0.2, 0.25) is 0 Å². The predicted molar refractivity (Wildman–Crippen MR) is 80.1 cm³/mol. The molecular formula is C14H25N5O3. The number of amides is 1. The molecule has 0 spiro atoms. The van der Waals surface area contributed by atoms with Crippen molar-refractivity contribution >= 4 is 5.91 Å². The van der Waals surface area contributed by atoms with Crippen molar-refractivity contribution in [2.24, 2.45) is 0 Å². The number of carbonyl (C=O) groups is 1. The van der Waals surface area contributed by atoms with Crippen LogP contribution < -0.4 is 5.32 Å². The van der Waals surface area contributed by atoms with E-state index < -0.39 is 5.60 Å². The van der Waals surface area contributed by atoms with Gasteiger partial charge in [0.05, 0.1) is 31.5 Å². The highest BCUT2D eigenvalue weighted by atomic mass is 16.5. The molecule has 124 valence electrons. The maximum atomic E-state index is 11.9. The quantitative estimate of drug-likeness (QED) is 0.614. The summed E-state index contributed by atoms with van der Waals surface area (Å²) in [4.78, 5) is 13.9. The number of nitrogens with zero attached hydrogens (tertiary/aromatic N) is 4. The van der Waals surface area contributed by atoms with Crippen molar-refractivity contribution in [3.05, 3.63) is 12.4 Å². The zero-order chi connectivity index (χ0) is 15.8. The van der Waals surface area contributed by atoms with Crippen LogP contribution in [0, 0.1) is 0 Å². The summed E-state index contributed by atoms with van der Waals surface area (Å²) >= 11 is 0. The minimum Gasteiger partial charge on any atom is -0.387 e. The van der Waals surface area contributed by atoms with E-state index in [1.54, 1.807) is 17.1 Å². The Morgan fingerprint density at radius 3 is 3.14 bits per heavy atom. The fourth-order valence-electron chi connectivity index (χ4n) is 2.75. The first kappa shape index (κ1) is 16.9. The van der Waals surface area contributed by atoms with Crippen LogP contribution in [0.15, 0.2) is 12.4 Å². The molecule has 1 fully saturated rings. The largest absolute Gasteiger partial charge is 0.387 e. The van der Waals surface area contributed by atoms with Crippen LogP contribution in [0.3, 0.4) is 0 Å². The number of aliphatic hydroxyl groups is 1. The second-order valence-electron chi connectivity index (χ2n) is 5.69. The van der Waals surface area contributed by atoms with E-state index in [0.717, 1.165) is 13.0 Å². The van der Waals surface area contributed by atoms with Crippen molar-refractivity contribution in [3.63, 3.8) is 0 Å². The lowest BCUT2D eigenvalue weighted by Crippen LogP contribution is -2.53. The van der Waals surface area contributed by atoms with E-state index in [9.17, 15) is 9.90 Å². The van der Waals surface area contributed by atoms with Gasteiger partial charge in [0.15, 0.2) is 0 Å². The van der Waals surface area contributed by atoms with Gasteiger partial charge in [-0.1, -0.05) is 5.21 Å². The van der Waals surface area contributed by atoms with Gasteiger partial charge in [-0.25, -0.2) is 4.68 Å². The Morgan fingerprint density at radius 1 is 1.55 bits per heavy atom. The molecule has 22 heavy (non-hydrogen) atoms. The fourth-order valence-corrected chi connectivity index (χ4v) is 2.75. The average molecular weight is 311 g/mol. The highest BCUT2D eigenvalue weighted by Crippen LogP contribution is 2.22. The molecule has 0 radical (unpaired) electrons. The Morgan fingerprint density at radius 2 is 2.41 bits per heavy atom. The van der Waals surface area contributed by atoms with Crippen molar-refractivity contribution in [3.8, 4) is 0 Å². The molecule has 0 aromatic carbocycles. The third-order valence-electron chi connectivity index (χ3n) is 3.70. The first-order valence-corrected chi connectivity index (χ1v) is 7.74. The number of rotatable bonds is 8. The lowest BCUT2D eigenvalue weighted by atomic mass is 9.93. The Kier molecular flexibility index (Phi) is 6.29. The number of nitrogens with one attached hydrogen (secondary N) is 1. The summed E-state index contributed by atoms with van der Waals surface area (Å²) < 4.78 is 6.81. The maximum Gasteiger partial charge on any atom is 0.234 e. The highest BCUT2D eigenvalue weighted by molar-refractivity contribution is 5.78. The highest BCUT2D eigenvalue weighted by Gasteiger charge is 2.34. The monoisotopic (exact) mass is 311 g/mol. The summed E-state index contributed by atoms with van der Waals surface area (Å²) in [7, 11) is 0. The molecule has 8 heteroatoms. The summed E-state index contributed by atoms with van der Waals surface area (Å²) in [6.45, 7) is 5.59. The van der Waals surface area contributed by atoms with Crippen LogP contribution in [0.25, 0.3) is 0 Å². The van der Waals surface area contributed by atoms with Crippen LogP contribution >= 0.6 is 0 Å². The molecule has 0 aliphatic carbocycles. The molecule has 1 saturated heterocycles. The molecule has 1 unspecified atom stereocenters. The van der Waals surface area contributed by atoms with Crippen molar-refractivity contribution in [2.75, 3.05) is 39.4 Å². The van der Waals surface area contributed by atoms with Gasteiger partial charge in [0.25, 0.3) is 0 Å². The van der Waals surface area contributed by atoms with E-state index in [-0.39, 0.29) is 5.91 Å². The first-order valence-electron chi connectivity index (χ1n) is 7.74. The van der Waals surface area contributed by atoms with Crippen LogP contribution in [0.4, 0.5) is 0 Å². The fraction of sp³-hybridized carbons (Fsp3) is 0.786. The van der Waals surface area contributed by atoms with Crippen molar-refractivity contribution in [1.82, 2.24) is 25.2 Å². The number of carbonyl (C=O) groups excluding carboxylic acids is 1. The number of piperidine rings is 1. The Hall–Kier alpha value is -1.51. The van der Waals surface area contributed by atoms with E-state index in [1.165, 1.54) is 0 Å². The molecule has 1 atom stereocenters. The number of hydrogen-bond acceptors (Lipinski definition) is 6. The standard InChI is InChI=1S/C14H25N5O3/c1-2-22-9-6-15-13(20)10-18-7-3-4-14(21,11-18)12-19-8-5-16-17-19/h5,8,21H,2-4,6-7,9-12H2,1H3,(H,15,20). The molecule has 1 aromatic rings. The van der Waals surface area contributed by atoms with Gasteiger partial charge in [0.1, 0.15) is 0 Å². The van der Waals surface area contributed by atoms with Gasteiger partial charge in [0, 0.05) is 25.9 Å². The van der Waals surface area contributed by atoms with Crippen molar-refractivity contribution in [1.29, 1.82) is 0 Å². The summed E-state index contributed by atoms with van der Waals surface area (Å²) in [5.41, 5.74) is -0.864. The predicted octanol–water partition coefficient (Wildman–Crippen LogP) is -0.742. The van der Waals surface area contributed by atoms with Gasteiger partial charge in [-0.15, -0.1) is 5.10 Å². The molecule has 1 amide bonds. The number of likely N-dealkylation sites (tertiary alicyclic amines) is 1. The normalized spacial score (nSPS) is 22.6. The summed E-state index contributed by atoms with van der Waals surface area (Å²) in [6.07, 6.45) is 4.89. The molecule has 2 heterocycles. The average Bonchev–Trinajstić information content (AvgIpc) is 2.96. The summed E-state index contributed by atoms with van der Waals surface area (Å²) in [5, 5.41) is 21.2. The van der Waals surface area contributed by atoms with E-state index in [2.05, 4.69) is 15.6 Å². The molecule has 0 saturated carbocycles. The maximum absolute atomic E-state index is 11.9. The lowest BCUT2D eigenvalue weighted by molar-refractivity contribution is -0.124. The number of β-amino-alcohol motifs (C(OH)–C–C–N with tert-alkyl or cyclic N) is 1. The summed E-state index contributed by atoms with van der Waals surface area (Å²) in [5.74, 6) is -0.0373. The van der Waals surface area contributed by atoms with E-state index in [1.807, 2.05) is 11.8 Å². The van der Waals surface area contributed by atoms with Gasteiger partial charge >= 0.3 is 0 Å². The van der Waals surface area contributed by atoms with Crippen molar-refractivity contribution < 1.29 is 14.6 Å². The van der Waals surface area contributed by atoms with Gasteiger partial charge < -0.3 is 15.2 Å². The molecule has 1 aliphatic heterocycles.